The molecule has 2 fully saturated rings. The van der Waals surface area contributed by atoms with Crippen LogP contribution in [-0.2, 0) is 0 Å². The summed E-state index contributed by atoms with van der Waals surface area (Å²) in [5.74, 6) is 9.42. The number of hydrogen-bond donors (Lipinski definition) is 0. The van der Waals surface area contributed by atoms with Gasteiger partial charge in [0.2, 0.25) is 0 Å². The number of fused-ring (bicyclic) bond motifs is 1. The van der Waals surface area contributed by atoms with E-state index < -0.39 is 0 Å². The van der Waals surface area contributed by atoms with Crippen molar-refractivity contribution >= 4 is 0 Å². The van der Waals surface area contributed by atoms with E-state index in [1.54, 1.807) is 0 Å². The monoisotopic (exact) mass is 398 g/mol. The van der Waals surface area contributed by atoms with Crippen molar-refractivity contribution in [3.05, 3.63) is 11.1 Å². The molecule has 4 unspecified atom stereocenters. The van der Waals surface area contributed by atoms with Gasteiger partial charge in [-0.05, 0) is 83.3 Å². The number of nitrogens with zero attached hydrogens (tertiary/aromatic N) is 2. The zero-order chi connectivity index (χ0) is 20.8. The molecule has 29 heavy (non-hydrogen) atoms. The molecular weight excluding hydrogens is 352 g/mol. The highest BCUT2D eigenvalue weighted by Gasteiger charge is 2.40. The SMILES string of the molecule is CCCC(CCC)C1=C2CC(C)C(C#CCN3CCCC3)CC2N(C)C(CC)C1. The van der Waals surface area contributed by atoms with Crippen LogP contribution in [0.2, 0.25) is 0 Å². The van der Waals surface area contributed by atoms with Crippen LogP contribution in [0.4, 0.5) is 0 Å². The first-order chi connectivity index (χ1) is 14.1. The van der Waals surface area contributed by atoms with Gasteiger partial charge in [-0.1, -0.05) is 63.5 Å². The van der Waals surface area contributed by atoms with E-state index in [0.29, 0.717) is 17.9 Å². The molecule has 4 atom stereocenters. The Morgan fingerprint density at radius 1 is 1.03 bits per heavy atom. The highest BCUT2D eigenvalue weighted by atomic mass is 15.2. The second kappa shape index (κ2) is 11.0. The smallest absolute Gasteiger partial charge is 0.0601 e. The fourth-order valence-corrected chi connectivity index (χ4v) is 6.26. The molecule has 0 aromatic heterocycles. The van der Waals surface area contributed by atoms with E-state index in [-0.39, 0.29) is 0 Å². The van der Waals surface area contributed by atoms with Crippen LogP contribution in [0.3, 0.4) is 0 Å². The van der Waals surface area contributed by atoms with Gasteiger partial charge in [0.25, 0.3) is 0 Å². The average Bonchev–Trinajstić information content (AvgIpc) is 3.23. The third-order valence-corrected chi connectivity index (χ3v) is 8.07. The van der Waals surface area contributed by atoms with Gasteiger partial charge in [-0.3, -0.25) is 9.80 Å². The van der Waals surface area contributed by atoms with Gasteiger partial charge in [0.1, 0.15) is 0 Å². The predicted octanol–water partition coefficient (Wildman–Crippen LogP) is 6.13. The molecule has 0 aromatic carbocycles. The Morgan fingerprint density at radius 3 is 2.34 bits per heavy atom. The molecule has 0 amide bonds. The van der Waals surface area contributed by atoms with Crippen molar-refractivity contribution in [3.63, 3.8) is 0 Å². The standard InChI is InChI=1S/C27H46N2/c1-6-12-22(13-7-2)25-20-24(8-3)28(5)27-19-23(21(4)18-26(25)27)14-11-17-29-15-9-10-16-29/h21-24,27H,6-10,12-13,15-20H2,1-5H3. The summed E-state index contributed by atoms with van der Waals surface area (Å²) in [7, 11) is 2.40. The maximum atomic E-state index is 3.74. The fraction of sp³-hybridized carbons (Fsp3) is 0.852. The quantitative estimate of drug-likeness (QED) is 0.376. The van der Waals surface area contributed by atoms with Crippen LogP contribution in [-0.4, -0.2) is 48.6 Å². The molecular formula is C27H46N2. The van der Waals surface area contributed by atoms with Crippen LogP contribution in [0.5, 0.6) is 0 Å². The lowest BCUT2D eigenvalue weighted by Gasteiger charge is -2.48. The van der Waals surface area contributed by atoms with Gasteiger partial charge in [-0.15, -0.1) is 0 Å². The maximum Gasteiger partial charge on any atom is 0.0601 e. The molecule has 0 aromatic rings. The summed E-state index contributed by atoms with van der Waals surface area (Å²) in [6.07, 6.45) is 13.3. The fourth-order valence-electron chi connectivity index (χ4n) is 6.26. The minimum atomic E-state index is 0.571. The molecule has 2 aliphatic heterocycles. The lowest BCUT2D eigenvalue weighted by molar-refractivity contribution is 0.119. The van der Waals surface area contributed by atoms with Crippen LogP contribution in [0.1, 0.15) is 91.9 Å². The maximum absolute atomic E-state index is 3.74. The number of rotatable bonds is 7. The number of likely N-dealkylation sites (tertiary alicyclic amines) is 1. The molecule has 2 heterocycles. The zero-order valence-electron chi connectivity index (χ0n) is 20.0. The topological polar surface area (TPSA) is 6.48 Å². The van der Waals surface area contributed by atoms with Crippen molar-refractivity contribution in [3.8, 4) is 11.8 Å². The van der Waals surface area contributed by atoms with Crippen LogP contribution < -0.4 is 0 Å². The van der Waals surface area contributed by atoms with E-state index in [9.17, 15) is 0 Å². The Balaban J connectivity index is 1.80. The van der Waals surface area contributed by atoms with Crippen molar-refractivity contribution in [1.82, 2.24) is 9.80 Å². The largest absolute Gasteiger partial charge is 0.296 e. The second-order valence-corrected chi connectivity index (χ2v) is 10.1. The first kappa shape index (κ1) is 22.9. The van der Waals surface area contributed by atoms with Crippen LogP contribution in [0.25, 0.3) is 0 Å². The Hall–Kier alpha value is -0.780. The molecule has 0 radical (unpaired) electrons. The summed E-state index contributed by atoms with van der Waals surface area (Å²) in [4.78, 5) is 5.26. The summed E-state index contributed by atoms with van der Waals surface area (Å²) in [6, 6.07) is 1.36. The van der Waals surface area contributed by atoms with Gasteiger partial charge in [-0.2, -0.15) is 0 Å². The summed E-state index contributed by atoms with van der Waals surface area (Å²) in [6.45, 7) is 13.1. The van der Waals surface area contributed by atoms with Crippen molar-refractivity contribution < 1.29 is 0 Å². The van der Waals surface area contributed by atoms with Gasteiger partial charge in [0, 0.05) is 18.0 Å². The Kier molecular flexibility index (Phi) is 8.70. The molecule has 0 spiro atoms. The molecule has 2 heteroatoms. The molecule has 0 N–H and O–H groups in total. The third-order valence-electron chi connectivity index (χ3n) is 8.07. The van der Waals surface area contributed by atoms with E-state index in [0.717, 1.165) is 18.5 Å². The average molecular weight is 399 g/mol. The van der Waals surface area contributed by atoms with E-state index in [1.807, 2.05) is 11.1 Å². The summed E-state index contributed by atoms with van der Waals surface area (Å²) in [5, 5.41) is 0. The third kappa shape index (κ3) is 5.48. The summed E-state index contributed by atoms with van der Waals surface area (Å²) in [5.41, 5.74) is 3.70. The minimum absolute atomic E-state index is 0.571. The highest BCUT2D eigenvalue weighted by molar-refractivity contribution is 5.31. The molecule has 164 valence electrons. The molecule has 2 nitrogen and oxygen atoms in total. The first-order valence-electron chi connectivity index (χ1n) is 12.7. The molecule has 1 aliphatic carbocycles. The molecule has 0 bridgehead atoms. The minimum Gasteiger partial charge on any atom is -0.296 e. The van der Waals surface area contributed by atoms with E-state index in [2.05, 4.69) is 56.4 Å². The van der Waals surface area contributed by atoms with Crippen LogP contribution in [0, 0.1) is 29.6 Å². The first-order valence-corrected chi connectivity index (χ1v) is 12.7. The predicted molar refractivity (Wildman–Crippen MR) is 126 cm³/mol. The Labute approximate surface area is 181 Å². The van der Waals surface area contributed by atoms with Crippen molar-refractivity contribution in [2.45, 2.75) is 104 Å². The lowest BCUT2D eigenvalue weighted by Crippen LogP contribution is -2.49. The van der Waals surface area contributed by atoms with E-state index in [1.165, 1.54) is 77.3 Å². The Bertz CT molecular complexity index is 598. The highest BCUT2D eigenvalue weighted by Crippen LogP contribution is 2.45. The van der Waals surface area contributed by atoms with Gasteiger partial charge in [0.05, 0.1) is 6.54 Å². The number of hydrogen-bond acceptors (Lipinski definition) is 2. The van der Waals surface area contributed by atoms with Gasteiger partial charge in [0.15, 0.2) is 0 Å². The number of likely N-dealkylation sites (N-methyl/N-ethyl adjacent to an activating group) is 1. The van der Waals surface area contributed by atoms with Crippen molar-refractivity contribution in [2.75, 3.05) is 26.7 Å². The van der Waals surface area contributed by atoms with Crippen molar-refractivity contribution in [1.29, 1.82) is 0 Å². The summed E-state index contributed by atoms with van der Waals surface area (Å²) >= 11 is 0. The molecule has 1 saturated carbocycles. The van der Waals surface area contributed by atoms with Crippen molar-refractivity contribution in [2.24, 2.45) is 17.8 Å². The molecule has 3 rings (SSSR count). The molecule has 3 aliphatic rings. The van der Waals surface area contributed by atoms with Gasteiger partial charge >= 0.3 is 0 Å². The van der Waals surface area contributed by atoms with E-state index >= 15 is 0 Å². The Morgan fingerprint density at radius 2 is 1.72 bits per heavy atom. The van der Waals surface area contributed by atoms with Gasteiger partial charge in [-0.25, -0.2) is 0 Å². The zero-order valence-corrected chi connectivity index (χ0v) is 20.0. The van der Waals surface area contributed by atoms with Crippen LogP contribution in [0.15, 0.2) is 11.1 Å². The normalized spacial score (nSPS) is 31.1. The van der Waals surface area contributed by atoms with Gasteiger partial charge < -0.3 is 0 Å². The van der Waals surface area contributed by atoms with Crippen LogP contribution >= 0.6 is 0 Å². The van der Waals surface area contributed by atoms with E-state index in [4.69, 9.17) is 0 Å². The second-order valence-electron chi connectivity index (χ2n) is 10.1. The summed E-state index contributed by atoms with van der Waals surface area (Å²) < 4.78 is 0. The molecule has 1 saturated heterocycles. The lowest BCUT2D eigenvalue weighted by atomic mass is 9.68.